The second-order valence-corrected chi connectivity index (χ2v) is 11.3. The van der Waals surface area contributed by atoms with E-state index in [-0.39, 0.29) is 24.2 Å². The predicted octanol–water partition coefficient (Wildman–Crippen LogP) is 4.44. The lowest BCUT2D eigenvalue weighted by Gasteiger charge is -2.59. The summed E-state index contributed by atoms with van der Waals surface area (Å²) in [6, 6.07) is 15.4. The van der Waals surface area contributed by atoms with Crippen LogP contribution in [0, 0.1) is 5.41 Å². The second kappa shape index (κ2) is 10.3. The fourth-order valence-corrected chi connectivity index (χ4v) is 5.57. The number of aromatic nitrogens is 5. The maximum atomic E-state index is 13.5. The third-order valence-corrected chi connectivity index (χ3v) is 7.55. The lowest BCUT2D eigenvalue weighted by molar-refractivity contribution is -0.170. The van der Waals surface area contributed by atoms with Crippen molar-refractivity contribution in [2.75, 3.05) is 56.3 Å². The molecule has 4 aromatic rings. The summed E-state index contributed by atoms with van der Waals surface area (Å²) >= 11 is 0. The van der Waals surface area contributed by atoms with Crippen LogP contribution < -0.4 is 20.7 Å². The molecule has 0 radical (unpaired) electrons. The Labute approximate surface area is 237 Å². The quantitative estimate of drug-likeness (QED) is 0.306. The molecule has 0 unspecified atom stereocenters. The molecule has 3 N–H and O–H groups in total. The third kappa shape index (κ3) is 5.64. The van der Waals surface area contributed by atoms with Crippen molar-refractivity contribution < 1.29 is 13.5 Å². The second-order valence-electron chi connectivity index (χ2n) is 11.3. The van der Waals surface area contributed by atoms with Crippen LogP contribution in [0.15, 0.2) is 54.7 Å². The number of aryl methyl sites for hydroxylation is 1. The Morgan fingerprint density at radius 1 is 1.02 bits per heavy atom. The van der Waals surface area contributed by atoms with E-state index in [1.807, 2.05) is 74.6 Å². The zero-order valence-electron chi connectivity index (χ0n) is 23.3. The van der Waals surface area contributed by atoms with Crippen LogP contribution in [-0.4, -0.2) is 75.9 Å². The molecule has 2 aliphatic rings. The number of nitrogens with zero attached hydrogens (tertiary/aromatic N) is 7. The standard InChI is InChI=1S/C29H33F2N9O/c1-38(2)12-13-41-24-14-20(6-9-23(24)40-17-28(18-40)15-29(30,31)16-28)25-36-27(39(3)37-25)34-21-7-4-19(5-8-21)22-10-11-33-26(32)35-22/h4-11,14H,12-13,15-18H2,1-3H3,(H2,32,33,35)(H,34,36,37). The minimum Gasteiger partial charge on any atom is -0.490 e. The summed E-state index contributed by atoms with van der Waals surface area (Å²) in [4.78, 5) is 17.1. The highest BCUT2D eigenvalue weighted by Crippen LogP contribution is 2.58. The Balaban J connectivity index is 1.19. The molecule has 0 amide bonds. The van der Waals surface area contributed by atoms with Crippen LogP contribution in [0.2, 0.25) is 0 Å². The Morgan fingerprint density at radius 3 is 2.44 bits per heavy atom. The fourth-order valence-electron chi connectivity index (χ4n) is 5.57. The van der Waals surface area contributed by atoms with Crippen LogP contribution in [0.5, 0.6) is 5.75 Å². The van der Waals surface area contributed by atoms with Crippen molar-refractivity contribution in [3.8, 4) is 28.4 Å². The fraction of sp³-hybridized carbons (Fsp3) is 0.379. The minimum absolute atomic E-state index is 0.0307. The van der Waals surface area contributed by atoms with Crippen molar-refractivity contribution >= 4 is 23.3 Å². The molecule has 1 aliphatic carbocycles. The lowest BCUT2D eigenvalue weighted by atomic mass is 9.61. The van der Waals surface area contributed by atoms with Crippen LogP contribution in [0.4, 0.5) is 32.1 Å². The van der Waals surface area contributed by atoms with E-state index >= 15 is 0 Å². The summed E-state index contributed by atoms with van der Waals surface area (Å²) in [5.41, 5.74) is 9.66. The van der Waals surface area contributed by atoms with Gasteiger partial charge >= 0.3 is 0 Å². The van der Waals surface area contributed by atoms with Gasteiger partial charge in [-0.1, -0.05) is 12.1 Å². The van der Waals surface area contributed by atoms with Gasteiger partial charge in [-0.15, -0.1) is 5.10 Å². The van der Waals surface area contributed by atoms with Gasteiger partial charge in [0.25, 0.3) is 0 Å². The van der Waals surface area contributed by atoms with E-state index in [0.29, 0.717) is 37.2 Å². The molecule has 1 aliphatic heterocycles. The first kappa shape index (κ1) is 26.9. The Kier molecular flexibility index (Phi) is 6.72. The van der Waals surface area contributed by atoms with Crippen molar-refractivity contribution in [2.24, 2.45) is 12.5 Å². The van der Waals surface area contributed by atoms with E-state index in [1.54, 1.807) is 10.9 Å². The molecule has 10 nitrogen and oxygen atoms in total. The largest absolute Gasteiger partial charge is 0.490 e. The maximum Gasteiger partial charge on any atom is 0.249 e. The number of alkyl halides is 2. The van der Waals surface area contributed by atoms with Gasteiger partial charge in [0, 0.05) is 67.9 Å². The molecule has 2 aromatic carbocycles. The molecule has 6 rings (SSSR count). The van der Waals surface area contributed by atoms with Crippen molar-refractivity contribution in [2.45, 2.75) is 18.8 Å². The molecule has 2 aromatic heterocycles. The highest BCUT2D eigenvalue weighted by Gasteiger charge is 2.61. The smallest absolute Gasteiger partial charge is 0.249 e. The van der Waals surface area contributed by atoms with Crippen molar-refractivity contribution in [3.05, 3.63) is 54.7 Å². The zero-order valence-corrected chi connectivity index (χ0v) is 23.3. The van der Waals surface area contributed by atoms with Crippen LogP contribution in [0.25, 0.3) is 22.6 Å². The molecule has 41 heavy (non-hydrogen) atoms. The topological polar surface area (TPSA) is 110 Å². The summed E-state index contributed by atoms with van der Waals surface area (Å²) in [6.45, 7) is 2.48. The summed E-state index contributed by atoms with van der Waals surface area (Å²) in [6.07, 6.45) is 1.57. The van der Waals surface area contributed by atoms with Gasteiger partial charge in [-0.05, 0) is 50.5 Å². The molecule has 0 atom stereocenters. The number of ether oxygens (including phenoxy) is 1. The lowest BCUT2D eigenvalue weighted by Crippen LogP contribution is -2.66. The van der Waals surface area contributed by atoms with Crippen molar-refractivity contribution in [3.63, 3.8) is 0 Å². The van der Waals surface area contributed by atoms with Crippen LogP contribution in [0.1, 0.15) is 12.8 Å². The van der Waals surface area contributed by atoms with Crippen molar-refractivity contribution in [1.82, 2.24) is 29.6 Å². The first-order chi connectivity index (χ1) is 19.6. The van der Waals surface area contributed by atoms with Crippen molar-refractivity contribution in [1.29, 1.82) is 0 Å². The Bertz CT molecular complexity index is 1540. The summed E-state index contributed by atoms with van der Waals surface area (Å²) in [5, 5.41) is 7.94. The first-order valence-corrected chi connectivity index (χ1v) is 13.5. The van der Waals surface area contributed by atoms with E-state index in [0.717, 1.165) is 34.7 Å². The van der Waals surface area contributed by atoms with Crippen LogP contribution >= 0.6 is 0 Å². The van der Waals surface area contributed by atoms with Gasteiger partial charge < -0.3 is 25.6 Å². The highest BCUT2D eigenvalue weighted by atomic mass is 19.3. The SMILES string of the molecule is CN(C)CCOc1cc(-c2nc(Nc3ccc(-c4ccnc(N)n4)cc3)n(C)n2)ccc1N1CC2(C1)CC(F)(F)C2. The Morgan fingerprint density at radius 2 is 1.76 bits per heavy atom. The van der Waals surface area contributed by atoms with E-state index in [4.69, 9.17) is 15.5 Å². The van der Waals surface area contributed by atoms with Gasteiger partial charge in [-0.3, -0.25) is 0 Å². The number of halogens is 2. The van der Waals surface area contributed by atoms with Crippen LogP contribution in [-0.2, 0) is 7.05 Å². The molecule has 0 bridgehead atoms. The number of rotatable bonds is 9. The third-order valence-electron chi connectivity index (χ3n) is 7.55. The molecular formula is C29H33F2N9O. The summed E-state index contributed by atoms with van der Waals surface area (Å²) in [7, 11) is 5.80. The molecule has 12 heteroatoms. The van der Waals surface area contributed by atoms with Gasteiger partial charge in [-0.25, -0.2) is 23.4 Å². The van der Waals surface area contributed by atoms with E-state index in [9.17, 15) is 8.78 Å². The summed E-state index contributed by atoms with van der Waals surface area (Å²) < 4.78 is 35.0. The number of nitrogens with one attached hydrogen (secondary N) is 1. The molecule has 2 fully saturated rings. The molecule has 3 heterocycles. The predicted molar refractivity (Wildman–Crippen MR) is 154 cm³/mol. The molecule has 1 saturated heterocycles. The number of nitrogen functional groups attached to an aromatic ring is 1. The van der Waals surface area contributed by atoms with Gasteiger partial charge in [0.2, 0.25) is 17.8 Å². The maximum absolute atomic E-state index is 13.5. The minimum atomic E-state index is -2.52. The average Bonchev–Trinajstić information content (AvgIpc) is 3.26. The molecule has 214 valence electrons. The number of hydrogen-bond acceptors (Lipinski definition) is 9. The van der Waals surface area contributed by atoms with Gasteiger partial charge in [0.05, 0.1) is 11.4 Å². The molecule has 1 saturated carbocycles. The highest BCUT2D eigenvalue weighted by molar-refractivity contribution is 5.70. The van der Waals surface area contributed by atoms with Gasteiger partial charge in [0.1, 0.15) is 12.4 Å². The van der Waals surface area contributed by atoms with Gasteiger partial charge in [0.15, 0.2) is 5.82 Å². The number of likely N-dealkylation sites (N-methyl/N-ethyl adjacent to an activating group) is 1. The first-order valence-electron chi connectivity index (χ1n) is 13.5. The summed E-state index contributed by atoms with van der Waals surface area (Å²) in [5.74, 6) is -0.467. The number of anilines is 4. The van der Waals surface area contributed by atoms with E-state index < -0.39 is 5.92 Å². The molecular weight excluding hydrogens is 528 g/mol. The Hall–Kier alpha value is -4.32. The average molecular weight is 562 g/mol. The van der Waals surface area contributed by atoms with Crippen LogP contribution in [0.3, 0.4) is 0 Å². The number of nitrogens with two attached hydrogens (primary N) is 1. The van der Waals surface area contributed by atoms with E-state index in [1.165, 1.54) is 0 Å². The zero-order chi connectivity index (χ0) is 28.8. The number of benzene rings is 2. The van der Waals surface area contributed by atoms with E-state index in [2.05, 4.69) is 25.3 Å². The molecule has 1 spiro atoms. The number of hydrogen-bond donors (Lipinski definition) is 2. The normalized spacial score (nSPS) is 16.9. The monoisotopic (exact) mass is 561 g/mol. The van der Waals surface area contributed by atoms with Gasteiger partial charge in [-0.2, -0.15) is 4.98 Å².